The maximum atomic E-state index is 12.5. The molecule has 172 valence electrons. The number of carbonyl (C=O) groups is 2. The molecule has 0 aliphatic heterocycles. The lowest BCUT2D eigenvalue weighted by Gasteiger charge is -2.13. The number of halogens is 1. The Labute approximate surface area is 201 Å². The van der Waals surface area contributed by atoms with E-state index < -0.39 is 11.8 Å². The zero-order chi connectivity index (χ0) is 23.5. The molecule has 3 rings (SSSR count). The summed E-state index contributed by atoms with van der Waals surface area (Å²) in [6.45, 7) is 2.38. The summed E-state index contributed by atoms with van der Waals surface area (Å²) in [5.74, 6) is 0.675. The average Bonchev–Trinajstić information content (AvgIpc) is 2.85. The van der Waals surface area contributed by atoms with Gasteiger partial charge in [-0.1, -0.05) is 43.3 Å². The molecule has 0 spiro atoms. The lowest BCUT2D eigenvalue weighted by Crippen LogP contribution is -2.44. The molecule has 0 bridgehead atoms. The maximum Gasteiger partial charge on any atom is 0.276 e. The molecule has 0 unspecified atom stereocenters. The molecule has 3 aromatic carbocycles. The van der Waals surface area contributed by atoms with Gasteiger partial charge in [0.05, 0.1) is 10.0 Å². The fourth-order valence-corrected chi connectivity index (χ4v) is 3.40. The Hall–Kier alpha value is -3.52. The number of para-hydroxylation sites is 2. The van der Waals surface area contributed by atoms with Crippen LogP contribution in [-0.2, 0) is 11.2 Å². The number of aryl methyl sites for hydroxylation is 1. The summed E-state index contributed by atoms with van der Waals surface area (Å²) in [5, 5.41) is 0. The average molecular weight is 513 g/mol. The Morgan fingerprint density at radius 3 is 2.30 bits per heavy atom. The van der Waals surface area contributed by atoms with Gasteiger partial charge in [-0.25, -0.2) is 0 Å². The molecular formula is C25H25BrN2O5. The molecule has 0 atom stereocenters. The fourth-order valence-electron chi connectivity index (χ4n) is 2.86. The standard InChI is InChI=1S/C25H25BrN2O5/c1-2-18-12-13-23(21(26)16-18)33-17-24(29)27-28-25(30)20-10-6-7-11-22(20)32-15-14-31-19-8-4-3-5-9-19/h3-13,16H,2,14-15,17H2,1H3,(H,27,29)(H,28,30). The van der Waals surface area contributed by atoms with Gasteiger partial charge in [0, 0.05) is 0 Å². The van der Waals surface area contributed by atoms with Crippen LogP contribution in [0.2, 0.25) is 0 Å². The highest BCUT2D eigenvalue weighted by molar-refractivity contribution is 9.10. The van der Waals surface area contributed by atoms with Gasteiger partial charge in [-0.2, -0.15) is 0 Å². The van der Waals surface area contributed by atoms with Crippen LogP contribution < -0.4 is 25.1 Å². The van der Waals surface area contributed by atoms with Crippen molar-refractivity contribution in [1.29, 1.82) is 0 Å². The summed E-state index contributed by atoms with van der Waals surface area (Å²) < 4.78 is 17.6. The molecule has 2 amide bonds. The molecule has 0 saturated carbocycles. The van der Waals surface area contributed by atoms with Crippen LogP contribution in [0.3, 0.4) is 0 Å². The Morgan fingerprint density at radius 2 is 1.55 bits per heavy atom. The summed E-state index contributed by atoms with van der Waals surface area (Å²) in [4.78, 5) is 24.6. The van der Waals surface area contributed by atoms with Gasteiger partial charge in [-0.15, -0.1) is 0 Å². The van der Waals surface area contributed by atoms with E-state index in [4.69, 9.17) is 14.2 Å². The van der Waals surface area contributed by atoms with Crippen LogP contribution in [0.15, 0.2) is 77.3 Å². The molecule has 0 radical (unpaired) electrons. The second-order valence-corrected chi connectivity index (χ2v) is 7.77. The van der Waals surface area contributed by atoms with E-state index in [0.717, 1.165) is 22.2 Å². The molecule has 0 saturated heterocycles. The molecule has 2 N–H and O–H groups in total. The summed E-state index contributed by atoms with van der Waals surface area (Å²) in [7, 11) is 0. The lowest BCUT2D eigenvalue weighted by molar-refractivity contribution is -0.123. The first-order valence-electron chi connectivity index (χ1n) is 10.5. The predicted molar refractivity (Wildman–Crippen MR) is 128 cm³/mol. The molecule has 0 aliphatic rings. The van der Waals surface area contributed by atoms with Gasteiger partial charge in [0.25, 0.3) is 11.8 Å². The van der Waals surface area contributed by atoms with Crippen molar-refractivity contribution in [2.75, 3.05) is 19.8 Å². The molecule has 0 aliphatic carbocycles. The smallest absolute Gasteiger partial charge is 0.276 e. The van der Waals surface area contributed by atoms with E-state index in [1.54, 1.807) is 30.3 Å². The molecule has 33 heavy (non-hydrogen) atoms. The van der Waals surface area contributed by atoms with E-state index in [2.05, 4.69) is 33.7 Å². The first kappa shape index (κ1) is 24.1. The van der Waals surface area contributed by atoms with Gasteiger partial charge in [-0.3, -0.25) is 20.4 Å². The minimum absolute atomic E-state index is 0.251. The first-order chi connectivity index (χ1) is 16.1. The second kappa shape index (κ2) is 12.5. The van der Waals surface area contributed by atoms with Crippen LogP contribution >= 0.6 is 15.9 Å². The summed E-state index contributed by atoms with van der Waals surface area (Å²) in [6.07, 6.45) is 0.899. The van der Waals surface area contributed by atoms with Crippen molar-refractivity contribution >= 4 is 27.7 Å². The quantitative estimate of drug-likeness (QED) is 0.312. The second-order valence-electron chi connectivity index (χ2n) is 6.92. The van der Waals surface area contributed by atoms with Crippen LogP contribution in [0.1, 0.15) is 22.8 Å². The van der Waals surface area contributed by atoms with Crippen molar-refractivity contribution in [2.45, 2.75) is 13.3 Å². The van der Waals surface area contributed by atoms with Crippen LogP contribution in [0.4, 0.5) is 0 Å². The monoisotopic (exact) mass is 512 g/mol. The Kier molecular flexibility index (Phi) is 9.14. The minimum atomic E-state index is -0.503. The number of carbonyl (C=O) groups excluding carboxylic acids is 2. The number of nitrogens with one attached hydrogen (secondary N) is 2. The van der Waals surface area contributed by atoms with Crippen molar-refractivity contribution in [2.24, 2.45) is 0 Å². The van der Waals surface area contributed by atoms with Crippen molar-refractivity contribution < 1.29 is 23.8 Å². The normalized spacial score (nSPS) is 10.2. The van der Waals surface area contributed by atoms with E-state index in [1.807, 2.05) is 42.5 Å². The highest BCUT2D eigenvalue weighted by atomic mass is 79.9. The van der Waals surface area contributed by atoms with E-state index in [1.165, 1.54) is 0 Å². The zero-order valence-electron chi connectivity index (χ0n) is 18.2. The summed E-state index contributed by atoms with van der Waals surface area (Å²) >= 11 is 3.43. The topological polar surface area (TPSA) is 85.9 Å². The maximum absolute atomic E-state index is 12.5. The molecular weight excluding hydrogens is 488 g/mol. The Bertz CT molecular complexity index is 1080. The van der Waals surface area contributed by atoms with Crippen molar-refractivity contribution in [1.82, 2.24) is 10.9 Å². The summed E-state index contributed by atoms with van der Waals surface area (Å²) in [6, 6.07) is 21.8. The zero-order valence-corrected chi connectivity index (χ0v) is 19.8. The number of hydrogen-bond donors (Lipinski definition) is 2. The van der Waals surface area contributed by atoms with Crippen molar-refractivity contribution in [3.63, 3.8) is 0 Å². The minimum Gasteiger partial charge on any atom is -0.490 e. The first-order valence-corrected chi connectivity index (χ1v) is 11.3. The third-order valence-corrected chi connectivity index (χ3v) is 5.18. The highest BCUT2D eigenvalue weighted by Crippen LogP contribution is 2.26. The van der Waals surface area contributed by atoms with Gasteiger partial charge >= 0.3 is 0 Å². The van der Waals surface area contributed by atoms with Crippen molar-refractivity contribution in [3.8, 4) is 17.2 Å². The van der Waals surface area contributed by atoms with E-state index in [0.29, 0.717) is 18.1 Å². The molecule has 7 nitrogen and oxygen atoms in total. The third-order valence-electron chi connectivity index (χ3n) is 4.56. The molecule has 0 fully saturated rings. The van der Waals surface area contributed by atoms with Gasteiger partial charge in [0.1, 0.15) is 30.5 Å². The number of hydrazine groups is 1. The van der Waals surface area contributed by atoms with Gasteiger partial charge < -0.3 is 14.2 Å². The predicted octanol–water partition coefficient (Wildman–Crippen LogP) is 4.31. The van der Waals surface area contributed by atoms with Crippen molar-refractivity contribution in [3.05, 3.63) is 88.4 Å². The largest absolute Gasteiger partial charge is 0.490 e. The fraction of sp³-hybridized carbons (Fsp3) is 0.200. The molecule has 0 heterocycles. The Morgan fingerprint density at radius 1 is 0.818 bits per heavy atom. The molecule has 8 heteroatoms. The van der Waals surface area contributed by atoms with Crippen LogP contribution in [-0.4, -0.2) is 31.6 Å². The highest BCUT2D eigenvalue weighted by Gasteiger charge is 2.14. The lowest BCUT2D eigenvalue weighted by atomic mass is 10.2. The number of hydrogen-bond acceptors (Lipinski definition) is 5. The van der Waals surface area contributed by atoms with Crippen LogP contribution in [0.5, 0.6) is 17.2 Å². The Balaban J connectivity index is 1.45. The summed E-state index contributed by atoms with van der Waals surface area (Å²) in [5.41, 5.74) is 6.17. The van der Waals surface area contributed by atoms with E-state index in [-0.39, 0.29) is 18.8 Å². The van der Waals surface area contributed by atoms with E-state index >= 15 is 0 Å². The van der Waals surface area contributed by atoms with Gasteiger partial charge in [-0.05, 0) is 64.3 Å². The van der Waals surface area contributed by atoms with Gasteiger partial charge in [0.2, 0.25) is 0 Å². The van der Waals surface area contributed by atoms with Crippen LogP contribution in [0, 0.1) is 0 Å². The third kappa shape index (κ3) is 7.54. The number of ether oxygens (including phenoxy) is 3. The molecule has 3 aromatic rings. The SMILES string of the molecule is CCc1ccc(OCC(=O)NNC(=O)c2ccccc2OCCOc2ccccc2)c(Br)c1. The molecule has 0 aromatic heterocycles. The number of rotatable bonds is 10. The van der Waals surface area contributed by atoms with E-state index in [9.17, 15) is 9.59 Å². The number of amides is 2. The number of benzene rings is 3. The van der Waals surface area contributed by atoms with Crippen LogP contribution in [0.25, 0.3) is 0 Å². The van der Waals surface area contributed by atoms with Gasteiger partial charge in [0.15, 0.2) is 6.61 Å².